The Morgan fingerprint density at radius 1 is 1.31 bits per heavy atom. The van der Waals surface area contributed by atoms with Crippen LogP contribution in [0.5, 0.6) is 6.01 Å². The van der Waals surface area contributed by atoms with Crippen LogP contribution in [0.2, 0.25) is 0 Å². The van der Waals surface area contributed by atoms with Gasteiger partial charge in [0.1, 0.15) is 0 Å². The van der Waals surface area contributed by atoms with E-state index in [0.717, 1.165) is 0 Å². The highest BCUT2D eigenvalue weighted by molar-refractivity contribution is 7.09. The van der Waals surface area contributed by atoms with E-state index in [1.807, 2.05) is 17.5 Å². The average Bonchev–Trinajstić information content (AvgIpc) is 2.81. The molecule has 4 nitrogen and oxygen atoms in total. The lowest BCUT2D eigenvalue weighted by molar-refractivity contribution is -0.134. The van der Waals surface area contributed by atoms with Gasteiger partial charge in [-0.05, 0) is 23.9 Å². The molecule has 82 valence electrons. The number of hydrogen-bond acceptors (Lipinski definition) is 5. The van der Waals surface area contributed by atoms with Crippen molar-refractivity contribution in [2.24, 2.45) is 0 Å². The molecule has 0 N–H and O–H groups in total. The molecule has 0 radical (unpaired) electrons. The van der Waals surface area contributed by atoms with Gasteiger partial charge in [-0.15, -0.1) is 11.3 Å². The number of carbonyl (C=O) groups excluding carboxylic acids is 1. The van der Waals surface area contributed by atoms with Gasteiger partial charge in [0.15, 0.2) is 0 Å². The van der Waals surface area contributed by atoms with Crippen LogP contribution in [-0.4, -0.2) is 15.9 Å². The standard InChI is InChI=1S/C11H10N2O2S/c14-10(5-4-9-3-1-8-16-9)15-11-12-6-2-7-13-11/h1-3,6-8H,4-5H2. The number of esters is 1. The highest BCUT2D eigenvalue weighted by atomic mass is 32.1. The Labute approximate surface area is 96.9 Å². The maximum Gasteiger partial charge on any atom is 0.324 e. The van der Waals surface area contributed by atoms with Crippen molar-refractivity contribution in [3.8, 4) is 6.01 Å². The fourth-order valence-electron chi connectivity index (χ4n) is 1.17. The first-order valence-electron chi connectivity index (χ1n) is 4.84. The lowest BCUT2D eigenvalue weighted by Gasteiger charge is -2.00. The molecule has 0 amide bonds. The van der Waals surface area contributed by atoms with Gasteiger partial charge < -0.3 is 4.74 Å². The highest BCUT2D eigenvalue weighted by Gasteiger charge is 2.07. The van der Waals surface area contributed by atoms with Gasteiger partial charge in [-0.3, -0.25) is 4.79 Å². The average molecular weight is 234 g/mol. The van der Waals surface area contributed by atoms with Crippen LogP contribution in [-0.2, 0) is 11.2 Å². The maximum absolute atomic E-state index is 11.4. The van der Waals surface area contributed by atoms with Crippen molar-refractivity contribution in [2.75, 3.05) is 0 Å². The third-order valence-corrected chi connectivity index (χ3v) is 2.84. The number of thiophene rings is 1. The fraction of sp³-hybridized carbons (Fsp3) is 0.182. The molecule has 0 saturated heterocycles. The number of hydrogen-bond donors (Lipinski definition) is 0. The monoisotopic (exact) mass is 234 g/mol. The second-order valence-corrected chi connectivity index (χ2v) is 4.12. The van der Waals surface area contributed by atoms with Crippen LogP contribution in [0.3, 0.4) is 0 Å². The first-order valence-corrected chi connectivity index (χ1v) is 5.72. The van der Waals surface area contributed by atoms with Gasteiger partial charge in [0.25, 0.3) is 0 Å². The fourth-order valence-corrected chi connectivity index (χ4v) is 1.88. The van der Waals surface area contributed by atoms with Gasteiger partial charge in [-0.1, -0.05) is 6.07 Å². The second-order valence-electron chi connectivity index (χ2n) is 3.08. The summed E-state index contributed by atoms with van der Waals surface area (Å²) >= 11 is 1.63. The Bertz CT molecular complexity index is 442. The predicted octanol–water partition coefficient (Wildman–Crippen LogP) is 2.08. The molecule has 2 aromatic rings. The molecule has 16 heavy (non-hydrogen) atoms. The Morgan fingerprint density at radius 3 is 2.81 bits per heavy atom. The van der Waals surface area contributed by atoms with E-state index < -0.39 is 0 Å². The zero-order chi connectivity index (χ0) is 11.2. The van der Waals surface area contributed by atoms with Crippen LogP contribution in [0.15, 0.2) is 36.0 Å². The quantitative estimate of drug-likeness (QED) is 0.760. The summed E-state index contributed by atoms with van der Waals surface area (Å²) in [4.78, 5) is 20.2. The van der Waals surface area contributed by atoms with Gasteiger partial charge in [-0.25, -0.2) is 9.97 Å². The largest absolute Gasteiger partial charge is 0.391 e. The number of aromatic nitrogens is 2. The summed E-state index contributed by atoms with van der Waals surface area (Å²) in [5.74, 6) is -0.306. The van der Waals surface area contributed by atoms with Crippen LogP contribution in [0, 0.1) is 0 Å². The van der Waals surface area contributed by atoms with Crippen LogP contribution < -0.4 is 4.74 Å². The van der Waals surface area contributed by atoms with E-state index in [-0.39, 0.29) is 12.0 Å². The molecule has 5 heteroatoms. The molecule has 2 aromatic heterocycles. The predicted molar refractivity (Wildman–Crippen MR) is 60.3 cm³/mol. The molecular formula is C11H10N2O2S. The molecule has 0 spiro atoms. The number of nitrogens with zero attached hydrogens (tertiary/aromatic N) is 2. The summed E-state index contributed by atoms with van der Waals surface area (Å²) in [6.45, 7) is 0. The minimum Gasteiger partial charge on any atom is -0.391 e. The minimum absolute atomic E-state index is 0.110. The molecule has 0 saturated carbocycles. The molecule has 0 bridgehead atoms. The summed E-state index contributed by atoms with van der Waals surface area (Å²) in [5, 5.41) is 1.99. The molecule has 0 aliphatic heterocycles. The number of aryl methyl sites for hydroxylation is 1. The molecule has 0 fully saturated rings. The maximum atomic E-state index is 11.4. The molecule has 2 rings (SSSR count). The molecule has 2 heterocycles. The van der Waals surface area contributed by atoms with E-state index in [1.54, 1.807) is 17.4 Å². The SMILES string of the molecule is O=C(CCc1cccs1)Oc1ncccn1. The topological polar surface area (TPSA) is 52.1 Å². The third kappa shape index (κ3) is 3.13. The Hall–Kier alpha value is -1.75. The minimum atomic E-state index is -0.306. The molecule has 0 unspecified atom stereocenters. The Morgan fingerprint density at radius 2 is 2.12 bits per heavy atom. The molecule has 0 aliphatic carbocycles. The summed E-state index contributed by atoms with van der Waals surface area (Å²) in [5.41, 5.74) is 0. The van der Waals surface area contributed by atoms with E-state index in [1.165, 1.54) is 17.3 Å². The third-order valence-electron chi connectivity index (χ3n) is 1.90. The van der Waals surface area contributed by atoms with Crippen molar-refractivity contribution in [3.05, 3.63) is 40.8 Å². The van der Waals surface area contributed by atoms with Gasteiger partial charge in [-0.2, -0.15) is 0 Å². The van der Waals surface area contributed by atoms with Crippen molar-refractivity contribution in [1.82, 2.24) is 9.97 Å². The van der Waals surface area contributed by atoms with Gasteiger partial charge in [0.05, 0.1) is 6.42 Å². The van der Waals surface area contributed by atoms with E-state index in [4.69, 9.17) is 4.74 Å². The summed E-state index contributed by atoms with van der Waals surface area (Å²) in [7, 11) is 0. The van der Waals surface area contributed by atoms with Crippen LogP contribution in [0.1, 0.15) is 11.3 Å². The van der Waals surface area contributed by atoms with Crippen LogP contribution in [0.4, 0.5) is 0 Å². The lowest BCUT2D eigenvalue weighted by Crippen LogP contribution is -2.10. The van der Waals surface area contributed by atoms with E-state index in [0.29, 0.717) is 12.8 Å². The highest BCUT2D eigenvalue weighted by Crippen LogP contribution is 2.11. The zero-order valence-electron chi connectivity index (χ0n) is 8.50. The van der Waals surface area contributed by atoms with E-state index in [2.05, 4.69) is 9.97 Å². The zero-order valence-corrected chi connectivity index (χ0v) is 9.31. The van der Waals surface area contributed by atoms with Gasteiger partial charge in [0, 0.05) is 17.3 Å². The van der Waals surface area contributed by atoms with Crippen molar-refractivity contribution in [2.45, 2.75) is 12.8 Å². The van der Waals surface area contributed by atoms with Crippen LogP contribution in [0.25, 0.3) is 0 Å². The molecular weight excluding hydrogens is 224 g/mol. The number of ether oxygens (including phenoxy) is 1. The lowest BCUT2D eigenvalue weighted by atomic mass is 10.3. The van der Waals surface area contributed by atoms with Crippen molar-refractivity contribution in [3.63, 3.8) is 0 Å². The van der Waals surface area contributed by atoms with Crippen LogP contribution >= 0.6 is 11.3 Å². The molecule has 0 atom stereocenters. The number of carbonyl (C=O) groups is 1. The summed E-state index contributed by atoms with van der Waals surface area (Å²) in [6.07, 6.45) is 4.12. The van der Waals surface area contributed by atoms with Gasteiger partial charge in [0.2, 0.25) is 0 Å². The first-order chi connectivity index (χ1) is 7.84. The Kier molecular flexibility index (Phi) is 3.61. The normalized spacial score (nSPS) is 10.0. The molecule has 0 aliphatic rings. The second kappa shape index (κ2) is 5.37. The van der Waals surface area contributed by atoms with Crippen molar-refractivity contribution in [1.29, 1.82) is 0 Å². The van der Waals surface area contributed by atoms with E-state index >= 15 is 0 Å². The Balaban J connectivity index is 1.81. The van der Waals surface area contributed by atoms with Crippen molar-refractivity contribution < 1.29 is 9.53 Å². The summed E-state index contributed by atoms with van der Waals surface area (Å²) in [6, 6.07) is 5.74. The number of rotatable bonds is 4. The smallest absolute Gasteiger partial charge is 0.324 e. The van der Waals surface area contributed by atoms with Gasteiger partial charge >= 0.3 is 12.0 Å². The summed E-state index contributed by atoms with van der Waals surface area (Å²) < 4.78 is 4.96. The van der Waals surface area contributed by atoms with Crippen molar-refractivity contribution >= 4 is 17.3 Å². The molecule has 0 aromatic carbocycles. The van der Waals surface area contributed by atoms with E-state index in [9.17, 15) is 4.79 Å². The first kappa shape index (κ1) is 10.8.